The quantitative estimate of drug-likeness (QED) is 0.859. The fraction of sp³-hybridized carbons (Fsp3) is 0.571. The van der Waals surface area contributed by atoms with Gasteiger partial charge in [0.05, 0.1) is 11.7 Å². The largest absolute Gasteiger partial charge is 0.337 e. The van der Waals surface area contributed by atoms with Gasteiger partial charge in [-0.15, -0.1) is 0 Å². The molecule has 0 aromatic carbocycles. The Morgan fingerprint density at radius 2 is 2.11 bits per heavy atom. The second-order valence-corrected chi connectivity index (χ2v) is 4.81. The molecule has 0 fully saturated rings. The van der Waals surface area contributed by atoms with Gasteiger partial charge in [-0.1, -0.05) is 13.8 Å². The number of aromatic nitrogens is 4. The van der Waals surface area contributed by atoms with Crippen LogP contribution in [0.25, 0.3) is 0 Å². The van der Waals surface area contributed by atoms with Crippen molar-refractivity contribution < 1.29 is 0 Å². The second kappa shape index (κ2) is 6.02. The highest BCUT2D eigenvalue weighted by Gasteiger charge is 2.17. The molecule has 0 saturated carbocycles. The van der Waals surface area contributed by atoms with E-state index in [9.17, 15) is 0 Å². The Hall–Kier alpha value is -1.62. The standard InChI is InChI=1S/C14H23N5/c1-5-11-9-12(19(4)17-11)10-13(15-6-2)14-16-7-8-18(14)3/h7-9,13,15H,5-6,10H2,1-4H3. The monoisotopic (exact) mass is 261 g/mol. The Morgan fingerprint density at radius 1 is 1.32 bits per heavy atom. The van der Waals surface area contributed by atoms with E-state index >= 15 is 0 Å². The lowest BCUT2D eigenvalue weighted by Crippen LogP contribution is -2.26. The molecule has 0 spiro atoms. The van der Waals surface area contributed by atoms with Crippen LogP contribution in [0, 0.1) is 0 Å². The zero-order chi connectivity index (χ0) is 13.8. The van der Waals surface area contributed by atoms with Gasteiger partial charge in [0.2, 0.25) is 0 Å². The molecule has 1 unspecified atom stereocenters. The van der Waals surface area contributed by atoms with Crippen molar-refractivity contribution in [1.82, 2.24) is 24.6 Å². The zero-order valence-corrected chi connectivity index (χ0v) is 12.2. The lowest BCUT2D eigenvalue weighted by Gasteiger charge is -2.17. The van der Waals surface area contributed by atoms with Crippen molar-refractivity contribution in [3.05, 3.63) is 35.7 Å². The molecule has 1 atom stereocenters. The van der Waals surface area contributed by atoms with E-state index in [-0.39, 0.29) is 6.04 Å². The van der Waals surface area contributed by atoms with Crippen LogP contribution in [0.1, 0.15) is 37.1 Å². The highest BCUT2D eigenvalue weighted by molar-refractivity contribution is 5.14. The van der Waals surface area contributed by atoms with Gasteiger partial charge < -0.3 is 9.88 Å². The fourth-order valence-electron chi connectivity index (χ4n) is 2.36. The Morgan fingerprint density at radius 3 is 2.63 bits per heavy atom. The first-order chi connectivity index (χ1) is 9.15. The summed E-state index contributed by atoms with van der Waals surface area (Å²) in [5, 5.41) is 8.01. The third-order valence-electron chi connectivity index (χ3n) is 3.42. The third kappa shape index (κ3) is 3.04. The first-order valence-electron chi connectivity index (χ1n) is 6.88. The summed E-state index contributed by atoms with van der Waals surface area (Å²) in [6, 6.07) is 2.41. The van der Waals surface area contributed by atoms with Crippen LogP contribution in [0.15, 0.2) is 18.5 Å². The number of rotatable bonds is 6. The molecule has 0 saturated heterocycles. The average Bonchev–Trinajstić information content (AvgIpc) is 2.96. The Labute approximate surface area is 114 Å². The number of hydrogen-bond donors (Lipinski definition) is 1. The maximum Gasteiger partial charge on any atom is 0.125 e. The van der Waals surface area contributed by atoms with Crippen LogP contribution in [0.2, 0.25) is 0 Å². The molecule has 0 bridgehead atoms. The summed E-state index contributed by atoms with van der Waals surface area (Å²) in [5.74, 6) is 1.07. The number of aryl methyl sites for hydroxylation is 3. The summed E-state index contributed by atoms with van der Waals surface area (Å²) < 4.78 is 4.05. The van der Waals surface area contributed by atoms with Crippen molar-refractivity contribution >= 4 is 0 Å². The maximum atomic E-state index is 4.51. The van der Waals surface area contributed by atoms with Crippen molar-refractivity contribution in [1.29, 1.82) is 0 Å². The molecule has 0 aliphatic heterocycles. The number of hydrogen-bond acceptors (Lipinski definition) is 3. The summed E-state index contributed by atoms with van der Waals surface area (Å²) in [6.07, 6.45) is 5.71. The molecule has 0 amide bonds. The van der Waals surface area contributed by atoms with Crippen molar-refractivity contribution in [3.8, 4) is 0 Å². The van der Waals surface area contributed by atoms with Gasteiger partial charge in [-0.3, -0.25) is 4.68 Å². The van der Waals surface area contributed by atoms with E-state index in [1.54, 1.807) is 0 Å². The average molecular weight is 261 g/mol. The number of nitrogens with one attached hydrogen (secondary N) is 1. The van der Waals surface area contributed by atoms with Gasteiger partial charge in [0.15, 0.2) is 0 Å². The maximum absolute atomic E-state index is 4.51. The third-order valence-corrected chi connectivity index (χ3v) is 3.42. The van der Waals surface area contributed by atoms with Gasteiger partial charge in [0.25, 0.3) is 0 Å². The molecule has 19 heavy (non-hydrogen) atoms. The Kier molecular flexibility index (Phi) is 4.37. The first kappa shape index (κ1) is 13.8. The molecule has 104 valence electrons. The van der Waals surface area contributed by atoms with Crippen LogP contribution < -0.4 is 5.32 Å². The molecular weight excluding hydrogens is 238 g/mol. The summed E-state index contributed by atoms with van der Waals surface area (Å²) in [5.41, 5.74) is 2.39. The summed E-state index contributed by atoms with van der Waals surface area (Å²) >= 11 is 0. The molecule has 0 aliphatic carbocycles. The van der Waals surface area contributed by atoms with Crippen LogP contribution in [-0.4, -0.2) is 25.9 Å². The van der Waals surface area contributed by atoms with Gasteiger partial charge in [-0.2, -0.15) is 5.10 Å². The molecule has 5 heteroatoms. The highest BCUT2D eigenvalue weighted by Crippen LogP contribution is 2.17. The van der Waals surface area contributed by atoms with E-state index in [0.29, 0.717) is 0 Å². The van der Waals surface area contributed by atoms with Crippen molar-refractivity contribution in [2.45, 2.75) is 32.7 Å². The van der Waals surface area contributed by atoms with Crippen LogP contribution >= 0.6 is 0 Å². The van der Waals surface area contributed by atoms with Crippen LogP contribution in [0.5, 0.6) is 0 Å². The summed E-state index contributed by atoms with van der Waals surface area (Å²) in [4.78, 5) is 4.46. The Balaban J connectivity index is 2.21. The summed E-state index contributed by atoms with van der Waals surface area (Å²) in [7, 11) is 4.04. The number of imidazole rings is 1. The minimum Gasteiger partial charge on any atom is -0.337 e. The van der Waals surface area contributed by atoms with Gasteiger partial charge >= 0.3 is 0 Å². The van der Waals surface area contributed by atoms with Gasteiger partial charge in [-0.25, -0.2) is 4.98 Å². The van der Waals surface area contributed by atoms with Gasteiger partial charge in [-0.05, 0) is 19.0 Å². The van der Waals surface area contributed by atoms with Crippen LogP contribution in [-0.2, 0) is 26.9 Å². The number of nitrogens with zero attached hydrogens (tertiary/aromatic N) is 4. The SMILES string of the molecule is CCNC(Cc1cc(CC)nn1C)c1nccn1C. The molecule has 0 aliphatic rings. The molecule has 0 radical (unpaired) electrons. The van der Waals surface area contributed by atoms with E-state index in [4.69, 9.17) is 0 Å². The molecule has 1 N–H and O–H groups in total. The lowest BCUT2D eigenvalue weighted by molar-refractivity contribution is 0.491. The Bertz CT molecular complexity index is 526. The molecule has 5 nitrogen and oxygen atoms in total. The molecule has 2 aromatic rings. The van der Waals surface area contributed by atoms with E-state index in [1.807, 2.05) is 31.2 Å². The van der Waals surface area contributed by atoms with Crippen LogP contribution in [0.3, 0.4) is 0 Å². The first-order valence-corrected chi connectivity index (χ1v) is 6.88. The van der Waals surface area contributed by atoms with Crippen molar-refractivity contribution in [2.24, 2.45) is 14.1 Å². The molecule has 2 heterocycles. The van der Waals surface area contributed by atoms with Gasteiger partial charge in [0, 0.05) is 38.6 Å². The number of likely N-dealkylation sites (N-methyl/N-ethyl adjacent to an activating group) is 1. The normalized spacial score (nSPS) is 12.8. The molecule has 2 rings (SSSR count). The topological polar surface area (TPSA) is 47.7 Å². The van der Waals surface area contributed by atoms with Crippen molar-refractivity contribution in [3.63, 3.8) is 0 Å². The van der Waals surface area contributed by atoms with E-state index in [2.05, 4.69) is 39.9 Å². The molecule has 2 aromatic heterocycles. The van der Waals surface area contributed by atoms with E-state index < -0.39 is 0 Å². The highest BCUT2D eigenvalue weighted by atomic mass is 15.3. The van der Waals surface area contributed by atoms with E-state index in [1.165, 1.54) is 5.69 Å². The second-order valence-electron chi connectivity index (χ2n) is 4.81. The minimum absolute atomic E-state index is 0.227. The summed E-state index contributed by atoms with van der Waals surface area (Å²) in [6.45, 7) is 5.18. The molecular formula is C14H23N5. The zero-order valence-electron chi connectivity index (χ0n) is 12.2. The minimum atomic E-state index is 0.227. The smallest absolute Gasteiger partial charge is 0.125 e. The predicted molar refractivity (Wildman–Crippen MR) is 75.9 cm³/mol. The van der Waals surface area contributed by atoms with E-state index in [0.717, 1.165) is 30.9 Å². The predicted octanol–water partition coefficient (Wildman–Crippen LogP) is 1.61. The van der Waals surface area contributed by atoms with Gasteiger partial charge in [0.1, 0.15) is 5.82 Å². The van der Waals surface area contributed by atoms with Crippen molar-refractivity contribution in [2.75, 3.05) is 6.54 Å². The lowest BCUT2D eigenvalue weighted by atomic mass is 10.1. The fourth-order valence-corrected chi connectivity index (χ4v) is 2.36. The van der Waals surface area contributed by atoms with Crippen LogP contribution in [0.4, 0.5) is 0 Å².